The number of methoxy groups -OCH3 is 1. The summed E-state index contributed by atoms with van der Waals surface area (Å²) in [6.45, 7) is 6.27. The maximum atomic E-state index is 11.6. The van der Waals surface area contributed by atoms with Gasteiger partial charge in [0.2, 0.25) is 5.91 Å². The summed E-state index contributed by atoms with van der Waals surface area (Å²) in [4.78, 5) is 11.6. The second-order valence-electron chi connectivity index (χ2n) is 5.34. The molecular weight excluding hydrogens is 204 g/mol. The van der Waals surface area contributed by atoms with E-state index in [1.165, 1.54) is 6.42 Å². The summed E-state index contributed by atoms with van der Waals surface area (Å²) in [6, 6.07) is 0.367. The molecule has 0 aliphatic heterocycles. The van der Waals surface area contributed by atoms with Crippen molar-refractivity contribution < 1.29 is 9.53 Å². The van der Waals surface area contributed by atoms with Crippen LogP contribution in [0.1, 0.15) is 33.1 Å². The van der Waals surface area contributed by atoms with E-state index in [1.54, 1.807) is 7.11 Å². The smallest absolute Gasteiger partial charge is 0.234 e. The second-order valence-corrected chi connectivity index (χ2v) is 5.34. The van der Waals surface area contributed by atoms with Crippen LogP contribution in [0.25, 0.3) is 0 Å². The molecule has 0 saturated heterocycles. The Bertz CT molecular complexity index is 229. The first-order valence-electron chi connectivity index (χ1n) is 6.02. The van der Waals surface area contributed by atoms with Crippen molar-refractivity contribution in [1.29, 1.82) is 0 Å². The maximum absolute atomic E-state index is 11.6. The number of hydrogen-bond acceptors (Lipinski definition) is 3. The van der Waals surface area contributed by atoms with E-state index in [2.05, 4.69) is 24.5 Å². The van der Waals surface area contributed by atoms with Gasteiger partial charge in [0.25, 0.3) is 0 Å². The highest BCUT2D eigenvalue weighted by atomic mass is 16.5. The van der Waals surface area contributed by atoms with E-state index in [9.17, 15) is 4.79 Å². The van der Waals surface area contributed by atoms with E-state index in [4.69, 9.17) is 4.74 Å². The first-order valence-corrected chi connectivity index (χ1v) is 6.02. The van der Waals surface area contributed by atoms with E-state index in [1.807, 2.05) is 0 Å². The average Bonchev–Trinajstić information content (AvgIpc) is 2.53. The Morgan fingerprint density at radius 1 is 1.50 bits per heavy atom. The molecule has 4 heteroatoms. The van der Waals surface area contributed by atoms with Gasteiger partial charge in [-0.25, -0.2) is 0 Å². The van der Waals surface area contributed by atoms with Gasteiger partial charge in [0, 0.05) is 19.7 Å². The van der Waals surface area contributed by atoms with E-state index in [-0.39, 0.29) is 5.91 Å². The fraction of sp³-hybridized carbons (Fsp3) is 0.917. The zero-order chi connectivity index (χ0) is 12.0. The number of rotatable bonds is 6. The second kappa shape index (κ2) is 6.21. The zero-order valence-electron chi connectivity index (χ0n) is 10.6. The Kier molecular flexibility index (Phi) is 5.22. The van der Waals surface area contributed by atoms with Crippen LogP contribution >= 0.6 is 0 Å². The van der Waals surface area contributed by atoms with Gasteiger partial charge in [0.15, 0.2) is 0 Å². The van der Waals surface area contributed by atoms with Crippen molar-refractivity contribution in [3.63, 3.8) is 0 Å². The Balaban J connectivity index is 2.11. The number of carbonyl (C=O) groups is 1. The molecule has 1 rings (SSSR count). The summed E-state index contributed by atoms with van der Waals surface area (Å²) in [5.41, 5.74) is 0.390. The van der Waals surface area contributed by atoms with Crippen molar-refractivity contribution in [2.75, 3.05) is 26.8 Å². The largest absolute Gasteiger partial charge is 0.383 e. The molecule has 1 aliphatic rings. The molecule has 0 aromatic carbocycles. The predicted octanol–water partition coefficient (Wildman–Crippen LogP) is 0.917. The Hall–Kier alpha value is -0.610. The first kappa shape index (κ1) is 13.5. The summed E-state index contributed by atoms with van der Waals surface area (Å²) in [6.07, 6.45) is 3.41. The lowest BCUT2D eigenvalue weighted by molar-refractivity contribution is -0.120. The summed E-state index contributed by atoms with van der Waals surface area (Å²) in [5, 5.41) is 6.11. The Labute approximate surface area is 98.1 Å². The number of nitrogens with one attached hydrogen (secondary N) is 2. The van der Waals surface area contributed by atoms with Gasteiger partial charge >= 0.3 is 0 Å². The molecule has 94 valence electrons. The molecule has 1 aliphatic carbocycles. The maximum Gasteiger partial charge on any atom is 0.234 e. The average molecular weight is 228 g/mol. The van der Waals surface area contributed by atoms with Gasteiger partial charge in [-0.2, -0.15) is 0 Å². The normalized spacial score (nSPS) is 23.3. The zero-order valence-corrected chi connectivity index (χ0v) is 10.6. The minimum absolute atomic E-state index is 0.0961. The summed E-state index contributed by atoms with van der Waals surface area (Å²) in [5.74, 6) is 0.0961. The molecular formula is C12H24N2O2. The third kappa shape index (κ3) is 4.94. The van der Waals surface area contributed by atoms with Crippen LogP contribution in [-0.4, -0.2) is 38.8 Å². The highest BCUT2D eigenvalue weighted by Gasteiger charge is 2.31. The third-order valence-corrected chi connectivity index (χ3v) is 3.10. The quantitative estimate of drug-likeness (QED) is 0.665. The van der Waals surface area contributed by atoms with Crippen molar-refractivity contribution >= 4 is 5.91 Å². The third-order valence-electron chi connectivity index (χ3n) is 3.10. The minimum Gasteiger partial charge on any atom is -0.383 e. The van der Waals surface area contributed by atoms with Gasteiger partial charge in [0.1, 0.15) is 0 Å². The van der Waals surface area contributed by atoms with E-state index in [0.29, 0.717) is 24.6 Å². The molecule has 0 aromatic heterocycles. The van der Waals surface area contributed by atoms with Crippen molar-refractivity contribution in [2.24, 2.45) is 5.41 Å². The summed E-state index contributed by atoms with van der Waals surface area (Å²) in [7, 11) is 1.66. The monoisotopic (exact) mass is 228 g/mol. The van der Waals surface area contributed by atoms with Gasteiger partial charge in [-0.3, -0.25) is 4.79 Å². The van der Waals surface area contributed by atoms with Crippen molar-refractivity contribution in [1.82, 2.24) is 10.6 Å². The highest BCUT2D eigenvalue weighted by molar-refractivity contribution is 5.78. The molecule has 0 radical (unpaired) electrons. The lowest BCUT2D eigenvalue weighted by atomic mass is 9.92. The number of ether oxygens (including phenoxy) is 1. The van der Waals surface area contributed by atoms with Crippen LogP contribution in [0.2, 0.25) is 0 Å². The van der Waals surface area contributed by atoms with Crippen LogP contribution in [0.4, 0.5) is 0 Å². The summed E-state index contributed by atoms with van der Waals surface area (Å²) < 4.78 is 4.89. The van der Waals surface area contributed by atoms with Gasteiger partial charge in [0.05, 0.1) is 13.2 Å². The number of carbonyl (C=O) groups excluding carboxylic acids is 1. The molecule has 0 aromatic rings. The van der Waals surface area contributed by atoms with Gasteiger partial charge in [-0.1, -0.05) is 13.8 Å². The van der Waals surface area contributed by atoms with Crippen molar-refractivity contribution in [2.45, 2.75) is 39.2 Å². The fourth-order valence-corrected chi connectivity index (χ4v) is 2.21. The lowest BCUT2D eigenvalue weighted by Crippen LogP contribution is -2.40. The van der Waals surface area contributed by atoms with Gasteiger partial charge < -0.3 is 15.4 Å². The number of hydrogen-bond donors (Lipinski definition) is 2. The van der Waals surface area contributed by atoms with Crippen LogP contribution in [-0.2, 0) is 9.53 Å². The Morgan fingerprint density at radius 3 is 2.81 bits per heavy atom. The van der Waals surface area contributed by atoms with E-state index >= 15 is 0 Å². The molecule has 0 bridgehead atoms. The van der Waals surface area contributed by atoms with Crippen LogP contribution in [0.5, 0.6) is 0 Å². The first-order chi connectivity index (χ1) is 7.53. The lowest BCUT2D eigenvalue weighted by Gasteiger charge is -2.17. The molecule has 1 saturated carbocycles. The molecule has 16 heavy (non-hydrogen) atoms. The molecule has 0 heterocycles. The molecule has 1 atom stereocenters. The van der Waals surface area contributed by atoms with Crippen molar-refractivity contribution in [3.05, 3.63) is 0 Å². The van der Waals surface area contributed by atoms with Crippen LogP contribution < -0.4 is 10.6 Å². The van der Waals surface area contributed by atoms with Crippen LogP contribution in [0.3, 0.4) is 0 Å². The van der Waals surface area contributed by atoms with Gasteiger partial charge in [-0.05, 0) is 24.7 Å². The molecule has 0 spiro atoms. The molecule has 2 N–H and O–H groups in total. The summed E-state index contributed by atoms with van der Waals surface area (Å²) >= 11 is 0. The molecule has 4 nitrogen and oxygen atoms in total. The van der Waals surface area contributed by atoms with E-state index < -0.39 is 0 Å². The van der Waals surface area contributed by atoms with Crippen LogP contribution in [0.15, 0.2) is 0 Å². The Morgan fingerprint density at radius 2 is 2.25 bits per heavy atom. The highest BCUT2D eigenvalue weighted by Crippen LogP contribution is 2.36. The molecule has 1 unspecified atom stereocenters. The molecule has 1 amide bonds. The number of amides is 1. The fourth-order valence-electron chi connectivity index (χ4n) is 2.21. The van der Waals surface area contributed by atoms with Crippen molar-refractivity contribution in [3.8, 4) is 0 Å². The van der Waals surface area contributed by atoms with Crippen LogP contribution in [0, 0.1) is 5.41 Å². The molecule has 1 fully saturated rings. The SMILES string of the molecule is COCCNCC(=O)NC1CCC(C)(C)C1. The standard InChI is InChI=1S/C12H24N2O2/c1-12(2)5-4-10(8-12)14-11(15)9-13-6-7-16-3/h10,13H,4-9H2,1-3H3,(H,14,15). The van der Waals surface area contributed by atoms with Gasteiger partial charge in [-0.15, -0.1) is 0 Å². The minimum atomic E-state index is 0.0961. The topological polar surface area (TPSA) is 50.4 Å². The van der Waals surface area contributed by atoms with E-state index in [0.717, 1.165) is 19.4 Å². The predicted molar refractivity (Wildman–Crippen MR) is 64.3 cm³/mol.